The number of nitrogens with zero attached hydrogens (tertiary/aromatic N) is 2. The van der Waals surface area contributed by atoms with Crippen LogP contribution < -0.4 is 10.6 Å². The molecule has 0 saturated carbocycles. The van der Waals surface area contributed by atoms with Crippen molar-refractivity contribution >= 4 is 36.6 Å². The van der Waals surface area contributed by atoms with Crippen LogP contribution in [-0.2, 0) is 9.59 Å². The zero-order chi connectivity index (χ0) is 15.4. The van der Waals surface area contributed by atoms with E-state index < -0.39 is 0 Å². The monoisotopic (exact) mass is 362 g/mol. The Balaban J connectivity index is 0.00000242. The summed E-state index contributed by atoms with van der Waals surface area (Å²) in [5.74, 6) is -0.454. The van der Waals surface area contributed by atoms with Gasteiger partial charge in [-0.1, -0.05) is 6.07 Å². The molecule has 2 heterocycles. The quantitative estimate of drug-likeness (QED) is 0.824. The lowest BCUT2D eigenvalue weighted by atomic mass is 9.94. The van der Waals surface area contributed by atoms with Crippen LogP contribution in [0.5, 0.6) is 0 Å². The summed E-state index contributed by atoms with van der Waals surface area (Å²) in [6.45, 7) is 2.54. The van der Waals surface area contributed by atoms with Crippen LogP contribution >= 0.6 is 24.8 Å². The van der Waals surface area contributed by atoms with Gasteiger partial charge in [0.15, 0.2) is 0 Å². The smallest absolute Gasteiger partial charge is 0.226 e. The molecule has 3 unspecified atom stereocenters. The maximum atomic E-state index is 12.4. The molecule has 3 atom stereocenters. The van der Waals surface area contributed by atoms with Crippen molar-refractivity contribution in [2.45, 2.75) is 25.4 Å². The summed E-state index contributed by atoms with van der Waals surface area (Å²) in [4.78, 5) is 30.1. The highest BCUT2D eigenvalue weighted by molar-refractivity contribution is 5.90. The van der Waals surface area contributed by atoms with Crippen LogP contribution in [0, 0.1) is 5.92 Å². The molecule has 0 aromatic carbocycles. The number of amides is 2. The highest BCUT2D eigenvalue weighted by Crippen LogP contribution is 2.36. The fourth-order valence-corrected chi connectivity index (χ4v) is 2.60. The molecule has 0 radical (unpaired) electrons. The molecule has 0 spiro atoms. The summed E-state index contributed by atoms with van der Waals surface area (Å²) in [5, 5.41) is 5.98. The van der Waals surface area contributed by atoms with Gasteiger partial charge in [0.1, 0.15) is 0 Å². The third-order valence-electron chi connectivity index (χ3n) is 4.02. The van der Waals surface area contributed by atoms with Crippen molar-refractivity contribution in [3.05, 3.63) is 30.1 Å². The molecule has 23 heavy (non-hydrogen) atoms. The lowest BCUT2D eigenvalue weighted by Gasteiger charge is -2.25. The number of nitrogens with one attached hydrogen (secondary N) is 2. The van der Waals surface area contributed by atoms with Gasteiger partial charge in [0, 0.05) is 38.4 Å². The Hall–Kier alpha value is -1.37. The lowest BCUT2D eigenvalue weighted by molar-refractivity contribution is -0.128. The minimum atomic E-state index is -0.365. The highest BCUT2D eigenvalue weighted by Gasteiger charge is 2.42. The molecule has 2 N–H and O–H groups in total. The summed E-state index contributed by atoms with van der Waals surface area (Å²) in [6.07, 6.45) is 3.65. The second-order valence-electron chi connectivity index (χ2n) is 5.48. The van der Waals surface area contributed by atoms with Gasteiger partial charge in [-0.2, -0.15) is 0 Å². The maximum absolute atomic E-state index is 12.4. The van der Waals surface area contributed by atoms with Crippen molar-refractivity contribution in [1.82, 2.24) is 20.5 Å². The SMILES string of the molecule is CNC(C)CNC(=O)C1CC(=O)N(C)C1c1cccnc1.Cl.Cl. The Kier molecular flexibility index (Phi) is 9.12. The van der Waals surface area contributed by atoms with Gasteiger partial charge < -0.3 is 15.5 Å². The third kappa shape index (κ3) is 5.06. The first-order chi connectivity index (χ1) is 10.0. The van der Waals surface area contributed by atoms with Gasteiger partial charge in [0.2, 0.25) is 11.8 Å². The van der Waals surface area contributed by atoms with E-state index in [0.29, 0.717) is 6.54 Å². The number of carbonyl (C=O) groups is 2. The molecule has 0 aliphatic carbocycles. The average molecular weight is 363 g/mol. The molecular formula is C15H24Cl2N4O2. The minimum absolute atomic E-state index is 0. The standard InChI is InChI=1S/C15H22N4O2.2ClH/c1-10(16-2)8-18-15(21)12-7-13(20)19(3)14(12)11-5-4-6-17-9-11;;/h4-6,9-10,12,14,16H,7-8H2,1-3H3,(H,18,21);2*1H. The van der Waals surface area contributed by atoms with Gasteiger partial charge in [0.05, 0.1) is 12.0 Å². The number of halogens is 2. The van der Waals surface area contributed by atoms with E-state index in [9.17, 15) is 9.59 Å². The largest absolute Gasteiger partial charge is 0.354 e. The zero-order valence-corrected chi connectivity index (χ0v) is 15.1. The fourth-order valence-electron chi connectivity index (χ4n) is 2.60. The first kappa shape index (κ1) is 21.6. The molecule has 6 nitrogen and oxygen atoms in total. The molecule has 1 aliphatic rings. The van der Waals surface area contributed by atoms with Gasteiger partial charge in [-0.15, -0.1) is 24.8 Å². The summed E-state index contributed by atoms with van der Waals surface area (Å²) < 4.78 is 0. The second-order valence-corrected chi connectivity index (χ2v) is 5.48. The molecule has 8 heteroatoms. The minimum Gasteiger partial charge on any atom is -0.354 e. The van der Waals surface area contributed by atoms with Crippen molar-refractivity contribution in [1.29, 1.82) is 0 Å². The first-order valence-corrected chi connectivity index (χ1v) is 7.15. The predicted octanol–water partition coefficient (Wildman–Crippen LogP) is 1.17. The lowest BCUT2D eigenvalue weighted by Crippen LogP contribution is -2.41. The van der Waals surface area contributed by atoms with Crippen LogP contribution in [0.1, 0.15) is 24.9 Å². The van der Waals surface area contributed by atoms with Gasteiger partial charge in [0.25, 0.3) is 0 Å². The summed E-state index contributed by atoms with van der Waals surface area (Å²) >= 11 is 0. The average Bonchev–Trinajstić information content (AvgIpc) is 2.81. The van der Waals surface area contributed by atoms with Gasteiger partial charge in [-0.05, 0) is 25.6 Å². The van der Waals surface area contributed by atoms with Crippen molar-refractivity contribution in [2.24, 2.45) is 5.92 Å². The number of carbonyl (C=O) groups excluding carboxylic acids is 2. The molecular weight excluding hydrogens is 339 g/mol. The van der Waals surface area contributed by atoms with Crippen LogP contribution in [0.15, 0.2) is 24.5 Å². The number of aromatic nitrogens is 1. The first-order valence-electron chi connectivity index (χ1n) is 7.15. The maximum Gasteiger partial charge on any atom is 0.226 e. The number of pyridine rings is 1. The number of hydrogen-bond acceptors (Lipinski definition) is 4. The fraction of sp³-hybridized carbons (Fsp3) is 0.533. The Morgan fingerprint density at radius 1 is 1.48 bits per heavy atom. The van der Waals surface area contributed by atoms with E-state index in [-0.39, 0.29) is 61.1 Å². The number of likely N-dealkylation sites (N-methyl/N-ethyl adjacent to an activating group) is 1. The Morgan fingerprint density at radius 3 is 2.74 bits per heavy atom. The topological polar surface area (TPSA) is 74.3 Å². The molecule has 2 amide bonds. The third-order valence-corrected chi connectivity index (χ3v) is 4.02. The van der Waals surface area contributed by atoms with Crippen LogP contribution in [0.25, 0.3) is 0 Å². The molecule has 1 fully saturated rings. The molecule has 1 aliphatic heterocycles. The van der Waals surface area contributed by atoms with Crippen molar-refractivity contribution in [3.8, 4) is 0 Å². The predicted molar refractivity (Wildman–Crippen MR) is 93.9 cm³/mol. The zero-order valence-electron chi connectivity index (χ0n) is 13.5. The molecule has 1 aromatic heterocycles. The van der Waals surface area contributed by atoms with Crippen LogP contribution in [0.2, 0.25) is 0 Å². The van der Waals surface area contributed by atoms with Gasteiger partial charge in [-0.25, -0.2) is 0 Å². The second kappa shape index (κ2) is 9.70. The van der Waals surface area contributed by atoms with Crippen LogP contribution in [0.3, 0.4) is 0 Å². The van der Waals surface area contributed by atoms with Crippen LogP contribution in [0.4, 0.5) is 0 Å². The Morgan fingerprint density at radius 2 is 2.17 bits per heavy atom. The van der Waals surface area contributed by atoms with Crippen LogP contribution in [-0.4, -0.2) is 48.4 Å². The van der Waals surface area contributed by atoms with E-state index >= 15 is 0 Å². The highest BCUT2D eigenvalue weighted by atomic mass is 35.5. The van der Waals surface area contributed by atoms with E-state index in [1.54, 1.807) is 24.3 Å². The van der Waals surface area contributed by atoms with Gasteiger partial charge in [-0.3, -0.25) is 14.6 Å². The normalized spacial score (nSPS) is 21.2. The summed E-state index contributed by atoms with van der Waals surface area (Å²) in [7, 11) is 3.59. The molecule has 1 saturated heterocycles. The Labute approximate surface area is 149 Å². The van der Waals surface area contributed by atoms with E-state index in [4.69, 9.17) is 0 Å². The molecule has 2 rings (SSSR count). The number of hydrogen-bond donors (Lipinski definition) is 2. The summed E-state index contributed by atoms with van der Waals surface area (Å²) in [6, 6.07) is 3.68. The van der Waals surface area contributed by atoms with E-state index in [1.807, 2.05) is 26.1 Å². The van der Waals surface area contributed by atoms with E-state index in [1.165, 1.54) is 0 Å². The van der Waals surface area contributed by atoms with E-state index in [0.717, 1.165) is 5.56 Å². The van der Waals surface area contributed by atoms with Crippen molar-refractivity contribution in [2.75, 3.05) is 20.6 Å². The van der Waals surface area contributed by atoms with Gasteiger partial charge >= 0.3 is 0 Å². The molecule has 1 aromatic rings. The van der Waals surface area contributed by atoms with Crippen molar-refractivity contribution in [3.63, 3.8) is 0 Å². The summed E-state index contributed by atoms with van der Waals surface area (Å²) in [5.41, 5.74) is 0.896. The van der Waals surface area contributed by atoms with E-state index in [2.05, 4.69) is 15.6 Å². The molecule has 130 valence electrons. The number of likely N-dealkylation sites (tertiary alicyclic amines) is 1. The Bertz CT molecular complexity index is 515. The number of rotatable bonds is 5. The molecule has 0 bridgehead atoms. The van der Waals surface area contributed by atoms with Crippen molar-refractivity contribution < 1.29 is 9.59 Å².